The molecule has 1 aromatic heterocycles. The number of aromatic hydroxyl groups is 1. The average molecular weight is 290 g/mol. The minimum atomic E-state index is 0.207. The Morgan fingerprint density at radius 2 is 1.82 bits per heavy atom. The molecule has 1 heterocycles. The predicted octanol–water partition coefficient (Wildman–Crippen LogP) is 3.96. The summed E-state index contributed by atoms with van der Waals surface area (Å²) in [5.74, 6) is 0.877. The van der Waals surface area contributed by atoms with Crippen LogP contribution in [0.4, 0.5) is 0 Å². The van der Waals surface area contributed by atoms with Crippen molar-refractivity contribution < 1.29 is 9.63 Å². The summed E-state index contributed by atoms with van der Waals surface area (Å²) in [4.78, 5) is 0. The largest absolute Gasteiger partial charge is 0.508 e. The fraction of sp³-hybridized carbons (Fsp3) is 0. The Kier molecular flexibility index (Phi) is 2.37. The second-order valence-corrected chi connectivity index (χ2v) is 4.64. The van der Waals surface area contributed by atoms with E-state index in [-0.39, 0.29) is 5.75 Å². The van der Waals surface area contributed by atoms with Gasteiger partial charge in [0.05, 0.1) is 5.39 Å². The van der Waals surface area contributed by atoms with E-state index in [9.17, 15) is 5.11 Å². The molecular weight excluding hydrogens is 282 g/mol. The summed E-state index contributed by atoms with van der Waals surface area (Å²) in [5.41, 5.74) is 1.67. The van der Waals surface area contributed by atoms with Crippen molar-refractivity contribution in [1.82, 2.24) is 5.16 Å². The first-order chi connectivity index (χ1) is 8.24. The molecule has 0 aliphatic carbocycles. The summed E-state index contributed by atoms with van der Waals surface area (Å²) < 4.78 is 6.33. The van der Waals surface area contributed by atoms with Gasteiger partial charge in [-0.2, -0.15) is 0 Å². The van der Waals surface area contributed by atoms with E-state index in [1.54, 1.807) is 18.2 Å². The van der Waals surface area contributed by atoms with Crippen LogP contribution in [0.5, 0.6) is 5.75 Å². The van der Waals surface area contributed by atoms with E-state index >= 15 is 0 Å². The molecule has 2 aromatic carbocycles. The first kappa shape index (κ1) is 10.4. The smallest absolute Gasteiger partial charge is 0.174 e. The highest BCUT2D eigenvalue weighted by Gasteiger charge is 2.10. The SMILES string of the molecule is Oc1ccc2noc(-c3ccc(Br)cc3)c2c1. The lowest BCUT2D eigenvalue weighted by Gasteiger charge is -1.97. The highest BCUT2D eigenvalue weighted by atomic mass is 79.9. The van der Waals surface area contributed by atoms with E-state index < -0.39 is 0 Å². The second-order valence-electron chi connectivity index (χ2n) is 3.72. The molecule has 0 amide bonds. The molecular formula is C13H8BrNO2. The van der Waals surface area contributed by atoms with Crippen LogP contribution in [0.25, 0.3) is 22.2 Å². The predicted molar refractivity (Wildman–Crippen MR) is 68.8 cm³/mol. The first-order valence-corrected chi connectivity index (χ1v) is 5.88. The topological polar surface area (TPSA) is 46.3 Å². The van der Waals surface area contributed by atoms with Crippen LogP contribution >= 0.6 is 15.9 Å². The van der Waals surface area contributed by atoms with Gasteiger partial charge < -0.3 is 9.63 Å². The number of rotatable bonds is 1. The zero-order valence-corrected chi connectivity index (χ0v) is 10.3. The van der Waals surface area contributed by atoms with Gasteiger partial charge in [0.2, 0.25) is 0 Å². The Bertz CT molecular complexity index is 673. The maximum absolute atomic E-state index is 9.49. The Balaban J connectivity index is 2.23. The van der Waals surface area contributed by atoms with E-state index in [4.69, 9.17) is 4.52 Å². The molecule has 0 aliphatic heterocycles. The molecule has 3 rings (SSSR count). The van der Waals surface area contributed by atoms with E-state index in [1.807, 2.05) is 24.3 Å². The van der Waals surface area contributed by atoms with Crippen LogP contribution in [0, 0.1) is 0 Å². The van der Waals surface area contributed by atoms with Crippen molar-refractivity contribution in [2.75, 3.05) is 0 Å². The molecule has 0 saturated heterocycles. The summed E-state index contributed by atoms with van der Waals surface area (Å²) in [6.07, 6.45) is 0. The van der Waals surface area contributed by atoms with Gasteiger partial charge in [0, 0.05) is 10.0 Å². The van der Waals surface area contributed by atoms with Crippen LogP contribution in [0.15, 0.2) is 51.5 Å². The first-order valence-electron chi connectivity index (χ1n) is 5.08. The molecule has 0 saturated carbocycles. The number of hydrogen-bond donors (Lipinski definition) is 1. The lowest BCUT2D eigenvalue weighted by molar-refractivity contribution is 0.441. The third-order valence-electron chi connectivity index (χ3n) is 2.57. The number of aromatic nitrogens is 1. The summed E-state index contributed by atoms with van der Waals surface area (Å²) in [5, 5.41) is 14.3. The van der Waals surface area contributed by atoms with Gasteiger partial charge >= 0.3 is 0 Å². The van der Waals surface area contributed by atoms with Gasteiger partial charge in [-0.05, 0) is 42.5 Å². The molecule has 3 aromatic rings. The molecule has 1 N–H and O–H groups in total. The minimum absolute atomic E-state index is 0.207. The number of halogens is 1. The zero-order chi connectivity index (χ0) is 11.8. The van der Waals surface area contributed by atoms with Gasteiger partial charge in [-0.25, -0.2) is 0 Å². The van der Waals surface area contributed by atoms with Crippen LogP contribution in [0.3, 0.4) is 0 Å². The Morgan fingerprint density at radius 3 is 2.59 bits per heavy atom. The molecule has 0 unspecified atom stereocenters. The van der Waals surface area contributed by atoms with Gasteiger partial charge in [-0.3, -0.25) is 0 Å². The fourth-order valence-electron chi connectivity index (χ4n) is 1.74. The lowest BCUT2D eigenvalue weighted by Crippen LogP contribution is -1.75. The lowest BCUT2D eigenvalue weighted by atomic mass is 10.1. The van der Waals surface area contributed by atoms with Gasteiger partial charge in [-0.1, -0.05) is 21.1 Å². The molecule has 0 aliphatic rings. The van der Waals surface area contributed by atoms with Crippen molar-refractivity contribution in [3.8, 4) is 17.1 Å². The second kappa shape index (κ2) is 3.89. The van der Waals surface area contributed by atoms with Crippen molar-refractivity contribution in [3.63, 3.8) is 0 Å². The summed E-state index contributed by atoms with van der Waals surface area (Å²) in [7, 11) is 0. The standard InChI is InChI=1S/C13H8BrNO2/c14-9-3-1-8(2-4-9)13-11-7-10(16)5-6-12(11)15-17-13/h1-7,16H. The maximum Gasteiger partial charge on any atom is 0.174 e. The average Bonchev–Trinajstić information content (AvgIpc) is 2.73. The van der Waals surface area contributed by atoms with Crippen molar-refractivity contribution >= 4 is 26.8 Å². The van der Waals surface area contributed by atoms with E-state index in [0.29, 0.717) is 5.76 Å². The van der Waals surface area contributed by atoms with Crippen LogP contribution in [0.1, 0.15) is 0 Å². The van der Waals surface area contributed by atoms with Crippen molar-refractivity contribution in [1.29, 1.82) is 0 Å². The Morgan fingerprint density at radius 1 is 1.06 bits per heavy atom. The van der Waals surface area contributed by atoms with Crippen LogP contribution in [-0.4, -0.2) is 10.3 Å². The van der Waals surface area contributed by atoms with Gasteiger partial charge in [0.1, 0.15) is 11.3 Å². The third kappa shape index (κ3) is 1.80. The number of fused-ring (bicyclic) bond motifs is 1. The van der Waals surface area contributed by atoms with E-state index in [2.05, 4.69) is 21.1 Å². The Labute approximate surface area is 106 Å². The maximum atomic E-state index is 9.49. The number of hydrogen-bond acceptors (Lipinski definition) is 3. The molecule has 3 nitrogen and oxygen atoms in total. The number of phenolic OH excluding ortho intramolecular Hbond substituents is 1. The third-order valence-corrected chi connectivity index (χ3v) is 3.10. The van der Waals surface area contributed by atoms with Crippen molar-refractivity contribution in [2.45, 2.75) is 0 Å². The minimum Gasteiger partial charge on any atom is -0.508 e. The molecule has 0 spiro atoms. The molecule has 0 radical (unpaired) electrons. The highest BCUT2D eigenvalue weighted by molar-refractivity contribution is 9.10. The summed E-state index contributed by atoms with van der Waals surface area (Å²) in [6.45, 7) is 0. The van der Waals surface area contributed by atoms with Gasteiger partial charge in [0.15, 0.2) is 5.76 Å². The van der Waals surface area contributed by atoms with Crippen molar-refractivity contribution in [2.24, 2.45) is 0 Å². The van der Waals surface area contributed by atoms with Gasteiger partial charge in [-0.15, -0.1) is 0 Å². The molecule has 0 fully saturated rings. The van der Waals surface area contributed by atoms with Crippen molar-refractivity contribution in [3.05, 3.63) is 46.9 Å². The summed E-state index contributed by atoms with van der Waals surface area (Å²) in [6, 6.07) is 12.7. The zero-order valence-electron chi connectivity index (χ0n) is 8.72. The number of nitrogens with zero attached hydrogens (tertiary/aromatic N) is 1. The quantitative estimate of drug-likeness (QED) is 0.737. The van der Waals surface area contributed by atoms with Crippen LogP contribution < -0.4 is 0 Å². The van der Waals surface area contributed by atoms with Gasteiger partial charge in [0.25, 0.3) is 0 Å². The fourth-order valence-corrected chi connectivity index (χ4v) is 2.00. The normalized spacial score (nSPS) is 10.9. The molecule has 0 atom stereocenters. The van der Waals surface area contributed by atoms with E-state index in [1.165, 1.54) is 0 Å². The Hall–Kier alpha value is -1.81. The summed E-state index contributed by atoms with van der Waals surface area (Å²) >= 11 is 3.38. The number of benzene rings is 2. The molecule has 17 heavy (non-hydrogen) atoms. The molecule has 84 valence electrons. The monoisotopic (exact) mass is 289 g/mol. The number of phenols is 1. The molecule has 0 bridgehead atoms. The highest BCUT2D eigenvalue weighted by Crippen LogP contribution is 2.31. The molecule has 4 heteroatoms. The van der Waals surface area contributed by atoms with Crippen LogP contribution in [-0.2, 0) is 0 Å². The van der Waals surface area contributed by atoms with Crippen LogP contribution in [0.2, 0.25) is 0 Å². The van der Waals surface area contributed by atoms with E-state index in [0.717, 1.165) is 20.9 Å².